The van der Waals surface area contributed by atoms with E-state index < -0.39 is 50.9 Å². The number of halogens is 5. The monoisotopic (exact) mass is 565 g/mol. The number of nitrogens with one attached hydrogen (secondary N) is 1. The number of fused-ring (bicyclic) bond motifs is 1. The first-order valence-electron chi connectivity index (χ1n) is 11.7. The SMILES string of the molecule is CN1C[C@H](N2Cc3cnn(S(=O)(=O)C(F)(F)F)c3C2)C[C@H](NC(=O)OC(C)(C)C)[C@H]1c1cc(F)ccc1F. The number of carbonyl (C=O) groups is 1. The molecule has 15 heteroatoms. The number of alkyl halides is 3. The number of amides is 1. The summed E-state index contributed by atoms with van der Waals surface area (Å²) in [7, 11) is -4.05. The normalized spacial score (nSPS) is 23.3. The average Bonchev–Trinajstić information content (AvgIpc) is 3.34. The van der Waals surface area contributed by atoms with Gasteiger partial charge in [0.1, 0.15) is 17.2 Å². The fourth-order valence-corrected chi connectivity index (χ4v) is 5.85. The molecular formula is C23H28F5N5O4S. The topological polar surface area (TPSA) is 96.8 Å². The number of hydrogen-bond donors (Lipinski definition) is 1. The lowest BCUT2D eigenvalue weighted by Crippen LogP contribution is -2.57. The van der Waals surface area contributed by atoms with Crippen molar-refractivity contribution in [3.8, 4) is 0 Å². The van der Waals surface area contributed by atoms with E-state index in [4.69, 9.17) is 4.74 Å². The molecule has 0 bridgehead atoms. The maximum absolute atomic E-state index is 14.8. The predicted octanol–water partition coefficient (Wildman–Crippen LogP) is 3.51. The quantitative estimate of drug-likeness (QED) is 0.567. The van der Waals surface area contributed by atoms with Crippen LogP contribution in [0.15, 0.2) is 24.4 Å². The molecule has 210 valence electrons. The second-order valence-corrected chi connectivity index (χ2v) is 12.3. The summed E-state index contributed by atoms with van der Waals surface area (Å²) >= 11 is 0. The molecule has 3 heterocycles. The molecule has 38 heavy (non-hydrogen) atoms. The molecule has 1 amide bonds. The minimum Gasteiger partial charge on any atom is -0.444 e. The van der Waals surface area contributed by atoms with Crippen molar-refractivity contribution in [2.24, 2.45) is 0 Å². The van der Waals surface area contributed by atoms with E-state index in [1.807, 2.05) is 0 Å². The number of rotatable bonds is 4. The highest BCUT2D eigenvalue weighted by molar-refractivity contribution is 7.90. The summed E-state index contributed by atoms with van der Waals surface area (Å²) in [6, 6.07) is 1.11. The third-order valence-electron chi connectivity index (χ3n) is 6.54. The van der Waals surface area contributed by atoms with E-state index in [-0.39, 0.29) is 47.4 Å². The number of piperidine rings is 1. The number of ether oxygens (including phenoxy) is 1. The summed E-state index contributed by atoms with van der Waals surface area (Å²) in [5, 5.41) is 6.19. The largest absolute Gasteiger partial charge is 0.518 e. The Balaban J connectivity index is 1.61. The lowest BCUT2D eigenvalue weighted by Gasteiger charge is -2.46. The van der Waals surface area contributed by atoms with Crippen molar-refractivity contribution < 1.29 is 39.9 Å². The van der Waals surface area contributed by atoms with Crippen molar-refractivity contribution in [3.63, 3.8) is 0 Å². The number of benzene rings is 1. The highest BCUT2D eigenvalue weighted by atomic mass is 32.2. The molecule has 0 saturated carbocycles. The number of nitrogens with zero attached hydrogens (tertiary/aromatic N) is 4. The van der Waals surface area contributed by atoms with Crippen molar-refractivity contribution in [2.45, 2.75) is 69.5 Å². The Bertz CT molecular complexity index is 1320. The van der Waals surface area contributed by atoms with Crippen LogP contribution in [0, 0.1) is 11.6 Å². The molecule has 9 nitrogen and oxygen atoms in total. The van der Waals surface area contributed by atoms with Gasteiger partial charge in [0, 0.05) is 36.8 Å². The van der Waals surface area contributed by atoms with E-state index in [0.717, 1.165) is 24.4 Å². The van der Waals surface area contributed by atoms with Crippen LogP contribution in [0.4, 0.5) is 26.7 Å². The van der Waals surface area contributed by atoms with Gasteiger partial charge in [-0.05, 0) is 52.4 Å². The molecule has 2 aromatic rings. The fourth-order valence-electron chi connectivity index (χ4n) is 5.02. The lowest BCUT2D eigenvalue weighted by molar-refractivity contribution is -0.0450. The summed E-state index contributed by atoms with van der Waals surface area (Å²) in [4.78, 5) is 16.1. The molecule has 1 N–H and O–H groups in total. The van der Waals surface area contributed by atoms with E-state index in [2.05, 4.69) is 10.4 Å². The molecule has 0 unspecified atom stereocenters. The average molecular weight is 566 g/mol. The minimum absolute atomic E-state index is 0.0101. The van der Waals surface area contributed by atoms with Gasteiger partial charge in [-0.25, -0.2) is 13.6 Å². The molecule has 2 aliphatic rings. The molecule has 1 fully saturated rings. The van der Waals surface area contributed by atoms with E-state index >= 15 is 0 Å². The Hall–Kier alpha value is -2.78. The second kappa shape index (κ2) is 9.75. The van der Waals surface area contributed by atoms with Gasteiger partial charge in [0.2, 0.25) is 0 Å². The van der Waals surface area contributed by atoms with Gasteiger partial charge >= 0.3 is 21.6 Å². The maximum atomic E-state index is 14.8. The van der Waals surface area contributed by atoms with Gasteiger partial charge in [0.15, 0.2) is 0 Å². The fraction of sp³-hybridized carbons (Fsp3) is 0.565. The highest BCUT2D eigenvalue weighted by Crippen LogP contribution is 2.37. The number of likely N-dealkylation sites (tertiary alicyclic amines) is 1. The zero-order valence-corrected chi connectivity index (χ0v) is 21.9. The number of aromatic nitrogens is 2. The van der Waals surface area contributed by atoms with Crippen molar-refractivity contribution in [1.82, 2.24) is 24.3 Å². The summed E-state index contributed by atoms with van der Waals surface area (Å²) in [5.74, 6) is -1.32. The Labute approximate surface area is 216 Å². The van der Waals surface area contributed by atoms with Crippen molar-refractivity contribution in [2.75, 3.05) is 13.6 Å². The van der Waals surface area contributed by atoms with E-state index in [9.17, 15) is 35.2 Å². The summed E-state index contributed by atoms with van der Waals surface area (Å²) in [6.45, 7) is 5.28. The van der Waals surface area contributed by atoms with Crippen LogP contribution in [0.3, 0.4) is 0 Å². The summed E-state index contributed by atoms with van der Waals surface area (Å²) in [6.07, 6.45) is 0.524. The minimum atomic E-state index is -5.70. The van der Waals surface area contributed by atoms with Crippen molar-refractivity contribution in [1.29, 1.82) is 0 Å². The van der Waals surface area contributed by atoms with Crippen molar-refractivity contribution >= 4 is 16.1 Å². The summed E-state index contributed by atoms with van der Waals surface area (Å²) < 4.78 is 97.6. The van der Waals surface area contributed by atoms with Gasteiger partial charge < -0.3 is 10.1 Å². The van der Waals surface area contributed by atoms with Gasteiger partial charge in [-0.1, -0.05) is 0 Å². The maximum Gasteiger partial charge on any atom is 0.518 e. The van der Waals surface area contributed by atoms with Gasteiger partial charge in [-0.2, -0.15) is 30.8 Å². The first kappa shape index (κ1) is 28.2. The van der Waals surface area contributed by atoms with Crippen LogP contribution in [0.25, 0.3) is 0 Å². The molecule has 0 spiro atoms. The zero-order chi connectivity index (χ0) is 28.2. The molecule has 3 atom stereocenters. The lowest BCUT2D eigenvalue weighted by atomic mass is 9.87. The van der Waals surface area contributed by atoms with E-state index in [1.165, 1.54) is 0 Å². The molecule has 1 aromatic heterocycles. The van der Waals surface area contributed by atoms with Gasteiger partial charge in [0.05, 0.1) is 24.0 Å². The van der Waals surface area contributed by atoms with Gasteiger partial charge in [-0.3, -0.25) is 9.80 Å². The Morgan fingerprint density at radius 3 is 2.47 bits per heavy atom. The second-order valence-electron chi connectivity index (χ2n) is 10.5. The predicted molar refractivity (Wildman–Crippen MR) is 125 cm³/mol. The first-order valence-corrected chi connectivity index (χ1v) is 13.2. The van der Waals surface area contributed by atoms with Crippen LogP contribution in [-0.2, 0) is 27.8 Å². The van der Waals surface area contributed by atoms with E-state index in [1.54, 1.807) is 37.6 Å². The van der Waals surface area contributed by atoms with Crippen LogP contribution < -0.4 is 5.32 Å². The Morgan fingerprint density at radius 1 is 1.16 bits per heavy atom. The smallest absolute Gasteiger partial charge is 0.444 e. The number of hydrogen-bond acceptors (Lipinski definition) is 7. The van der Waals surface area contributed by atoms with Crippen LogP contribution in [-0.4, -0.2) is 70.3 Å². The molecule has 0 aliphatic carbocycles. The number of likely N-dealkylation sites (N-methyl/N-ethyl adjacent to an activating group) is 1. The van der Waals surface area contributed by atoms with Gasteiger partial charge in [-0.15, -0.1) is 0 Å². The van der Waals surface area contributed by atoms with Crippen molar-refractivity contribution in [3.05, 3.63) is 52.9 Å². The number of alkyl carbamates (subject to hydrolysis) is 1. The first-order chi connectivity index (χ1) is 17.5. The van der Waals surface area contributed by atoms with Crippen LogP contribution in [0.2, 0.25) is 0 Å². The highest BCUT2D eigenvalue weighted by Gasteiger charge is 2.50. The summed E-state index contributed by atoms with van der Waals surface area (Å²) in [5.41, 5.74) is -6.08. The standard InChI is InChI=1S/C23H28F5N5O4S/c1-22(2,3)37-21(34)30-18-8-15(11-31(4)20(18)16-7-14(24)5-6-17(16)25)32-10-13-9-29-33(19(13)12-32)38(35,36)23(26,27)28/h5-7,9,15,18,20H,8,10-12H2,1-4H3,(H,30,34)/t15-,18+,20-/m1/s1. The number of carbonyl (C=O) groups excluding carboxylic acids is 1. The van der Waals surface area contributed by atoms with Crippen LogP contribution in [0.5, 0.6) is 0 Å². The third kappa shape index (κ3) is 5.50. The Kier molecular flexibility index (Phi) is 7.25. The van der Waals surface area contributed by atoms with E-state index in [0.29, 0.717) is 5.56 Å². The van der Waals surface area contributed by atoms with Crippen LogP contribution in [0.1, 0.15) is 50.1 Å². The molecule has 0 radical (unpaired) electrons. The van der Waals surface area contributed by atoms with Gasteiger partial charge in [0.25, 0.3) is 0 Å². The molecule has 2 aliphatic heterocycles. The molecule has 1 aromatic carbocycles. The van der Waals surface area contributed by atoms with Crippen LogP contribution >= 0.6 is 0 Å². The zero-order valence-electron chi connectivity index (χ0n) is 21.1. The molecule has 1 saturated heterocycles. The molecular weight excluding hydrogens is 537 g/mol. The molecule has 4 rings (SSSR count). The Morgan fingerprint density at radius 2 is 1.84 bits per heavy atom. The third-order valence-corrected chi connectivity index (χ3v) is 7.90.